The van der Waals surface area contributed by atoms with E-state index in [0.29, 0.717) is 6.54 Å². The van der Waals surface area contributed by atoms with E-state index in [1.54, 1.807) is 0 Å². The molecule has 1 aliphatic rings. The molecule has 0 saturated carbocycles. The number of hydrogen-bond donors (Lipinski definition) is 2. The zero-order chi connectivity index (χ0) is 12.8. The third kappa shape index (κ3) is 3.33. The molecule has 0 bridgehead atoms. The molecule has 3 nitrogen and oxygen atoms in total. The maximum atomic E-state index is 12.0. The fraction of sp³-hybridized carbons (Fsp3) is 0.533. The highest BCUT2D eigenvalue weighted by Crippen LogP contribution is 2.25. The van der Waals surface area contributed by atoms with Crippen LogP contribution in [0.4, 0.5) is 0 Å². The molecule has 0 saturated heterocycles. The van der Waals surface area contributed by atoms with Gasteiger partial charge in [-0.25, -0.2) is 0 Å². The zero-order valence-corrected chi connectivity index (χ0v) is 10.8. The van der Waals surface area contributed by atoms with Gasteiger partial charge >= 0.3 is 0 Å². The molecular weight excluding hydrogens is 224 g/mol. The van der Waals surface area contributed by atoms with Gasteiger partial charge in [0.15, 0.2) is 0 Å². The van der Waals surface area contributed by atoms with Gasteiger partial charge < -0.3 is 11.1 Å². The smallest absolute Gasteiger partial charge is 0.223 e. The Kier molecular flexibility index (Phi) is 4.76. The molecule has 98 valence electrons. The Labute approximate surface area is 109 Å². The molecule has 1 aromatic carbocycles. The molecule has 1 aromatic rings. The maximum absolute atomic E-state index is 12.0. The van der Waals surface area contributed by atoms with Crippen LogP contribution >= 0.6 is 0 Å². The van der Waals surface area contributed by atoms with E-state index in [1.165, 1.54) is 11.1 Å². The van der Waals surface area contributed by atoms with Gasteiger partial charge in [0.25, 0.3) is 0 Å². The maximum Gasteiger partial charge on any atom is 0.223 e. The Morgan fingerprint density at radius 2 is 2.06 bits per heavy atom. The minimum Gasteiger partial charge on any atom is -0.356 e. The summed E-state index contributed by atoms with van der Waals surface area (Å²) in [6.07, 6.45) is 4.84. The highest BCUT2D eigenvalue weighted by Gasteiger charge is 2.23. The zero-order valence-electron chi connectivity index (χ0n) is 10.8. The van der Waals surface area contributed by atoms with Crippen LogP contribution in [0.1, 0.15) is 30.4 Å². The Bertz CT molecular complexity index is 403. The van der Waals surface area contributed by atoms with Crippen molar-refractivity contribution in [1.82, 2.24) is 5.32 Å². The number of hydrogen-bond acceptors (Lipinski definition) is 2. The lowest BCUT2D eigenvalue weighted by Gasteiger charge is -2.23. The molecule has 0 radical (unpaired) electrons. The van der Waals surface area contributed by atoms with Crippen molar-refractivity contribution in [1.29, 1.82) is 0 Å². The lowest BCUT2D eigenvalue weighted by Crippen LogP contribution is -2.34. The highest BCUT2D eigenvalue weighted by atomic mass is 16.1. The number of aryl methyl sites for hydroxylation is 1. The largest absolute Gasteiger partial charge is 0.356 e. The van der Waals surface area contributed by atoms with Crippen molar-refractivity contribution in [2.24, 2.45) is 11.7 Å². The van der Waals surface area contributed by atoms with E-state index in [2.05, 4.69) is 29.6 Å². The van der Waals surface area contributed by atoms with E-state index in [1.807, 2.05) is 0 Å². The quantitative estimate of drug-likeness (QED) is 0.776. The van der Waals surface area contributed by atoms with Crippen molar-refractivity contribution in [3.05, 3.63) is 35.4 Å². The molecule has 3 N–H and O–H groups in total. The third-order valence-electron chi connectivity index (χ3n) is 3.65. The Hall–Kier alpha value is -1.35. The summed E-state index contributed by atoms with van der Waals surface area (Å²) in [5.41, 5.74) is 8.17. The van der Waals surface area contributed by atoms with Crippen LogP contribution < -0.4 is 11.1 Å². The molecule has 1 aliphatic carbocycles. The topological polar surface area (TPSA) is 55.1 Å². The fourth-order valence-electron chi connectivity index (χ4n) is 2.55. The van der Waals surface area contributed by atoms with E-state index >= 15 is 0 Å². The summed E-state index contributed by atoms with van der Waals surface area (Å²) in [6.45, 7) is 1.46. The summed E-state index contributed by atoms with van der Waals surface area (Å²) < 4.78 is 0. The first-order chi connectivity index (χ1) is 8.81. The number of nitrogens with one attached hydrogen (secondary N) is 1. The number of fused-ring (bicyclic) bond motifs is 1. The molecule has 1 unspecified atom stereocenters. The van der Waals surface area contributed by atoms with Crippen LogP contribution in [-0.2, 0) is 17.6 Å². The molecule has 1 atom stereocenters. The first-order valence-electron chi connectivity index (χ1n) is 6.86. The SMILES string of the molecule is NCCCCNC(=O)C1CCc2ccccc2C1. The number of rotatable bonds is 5. The highest BCUT2D eigenvalue weighted by molar-refractivity contribution is 5.79. The summed E-state index contributed by atoms with van der Waals surface area (Å²) >= 11 is 0. The molecule has 3 heteroatoms. The van der Waals surface area contributed by atoms with E-state index in [0.717, 1.165) is 38.6 Å². The second-order valence-electron chi connectivity index (χ2n) is 5.00. The molecule has 0 fully saturated rings. The van der Waals surface area contributed by atoms with E-state index in [4.69, 9.17) is 5.73 Å². The van der Waals surface area contributed by atoms with Crippen molar-refractivity contribution in [3.8, 4) is 0 Å². The Morgan fingerprint density at radius 3 is 2.83 bits per heavy atom. The number of carbonyl (C=O) groups excluding carboxylic acids is 1. The fourth-order valence-corrected chi connectivity index (χ4v) is 2.55. The lowest BCUT2D eigenvalue weighted by atomic mass is 9.83. The van der Waals surface area contributed by atoms with Crippen LogP contribution in [0.5, 0.6) is 0 Å². The first kappa shape index (κ1) is 13.1. The van der Waals surface area contributed by atoms with Gasteiger partial charge in [0.1, 0.15) is 0 Å². The van der Waals surface area contributed by atoms with Crippen molar-refractivity contribution < 1.29 is 4.79 Å². The summed E-state index contributed by atoms with van der Waals surface area (Å²) in [4.78, 5) is 12.0. The first-order valence-corrected chi connectivity index (χ1v) is 6.86. The molecule has 2 rings (SSSR count). The number of carbonyl (C=O) groups is 1. The van der Waals surface area contributed by atoms with Gasteiger partial charge in [-0.3, -0.25) is 4.79 Å². The third-order valence-corrected chi connectivity index (χ3v) is 3.65. The molecule has 18 heavy (non-hydrogen) atoms. The van der Waals surface area contributed by atoms with Gasteiger partial charge in [-0.15, -0.1) is 0 Å². The predicted octanol–water partition coefficient (Wildman–Crippen LogP) is 1.65. The second kappa shape index (κ2) is 6.55. The van der Waals surface area contributed by atoms with Crippen LogP contribution in [0.25, 0.3) is 0 Å². The molecule has 0 heterocycles. The minimum atomic E-state index is 0.151. The number of amides is 1. The predicted molar refractivity (Wildman–Crippen MR) is 73.3 cm³/mol. The Morgan fingerprint density at radius 1 is 1.28 bits per heavy atom. The van der Waals surface area contributed by atoms with Gasteiger partial charge in [0, 0.05) is 12.5 Å². The van der Waals surface area contributed by atoms with Crippen LogP contribution in [0, 0.1) is 5.92 Å². The van der Waals surface area contributed by atoms with Gasteiger partial charge in [-0.2, -0.15) is 0 Å². The minimum absolute atomic E-state index is 0.151. The lowest BCUT2D eigenvalue weighted by molar-refractivity contribution is -0.125. The molecular formula is C15H22N2O. The summed E-state index contributed by atoms with van der Waals surface area (Å²) in [5.74, 6) is 0.360. The molecule has 0 aromatic heterocycles. The number of nitrogens with two attached hydrogens (primary N) is 1. The van der Waals surface area contributed by atoms with Crippen molar-refractivity contribution in [2.45, 2.75) is 32.1 Å². The monoisotopic (exact) mass is 246 g/mol. The van der Waals surface area contributed by atoms with E-state index in [9.17, 15) is 4.79 Å². The molecule has 0 spiro atoms. The van der Waals surface area contributed by atoms with Crippen LogP contribution in [0.15, 0.2) is 24.3 Å². The van der Waals surface area contributed by atoms with Crippen molar-refractivity contribution in [3.63, 3.8) is 0 Å². The second-order valence-corrected chi connectivity index (χ2v) is 5.00. The van der Waals surface area contributed by atoms with Gasteiger partial charge in [-0.1, -0.05) is 24.3 Å². The van der Waals surface area contributed by atoms with Gasteiger partial charge in [0.05, 0.1) is 0 Å². The van der Waals surface area contributed by atoms with Crippen LogP contribution in [-0.4, -0.2) is 19.0 Å². The molecule has 0 aliphatic heterocycles. The van der Waals surface area contributed by atoms with Crippen molar-refractivity contribution >= 4 is 5.91 Å². The van der Waals surface area contributed by atoms with Crippen LogP contribution in [0.2, 0.25) is 0 Å². The average molecular weight is 246 g/mol. The summed E-state index contributed by atoms with van der Waals surface area (Å²) in [7, 11) is 0. The number of unbranched alkanes of at least 4 members (excludes halogenated alkanes) is 1. The van der Waals surface area contributed by atoms with E-state index < -0.39 is 0 Å². The van der Waals surface area contributed by atoms with Gasteiger partial charge in [-0.05, 0) is 49.8 Å². The van der Waals surface area contributed by atoms with E-state index in [-0.39, 0.29) is 11.8 Å². The number of benzene rings is 1. The normalized spacial score (nSPS) is 18.2. The van der Waals surface area contributed by atoms with Crippen molar-refractivity contribution in [2.75, 3.05) is 13.1 Å². The average Bonchev–Trinajstić information content (AvgIpc) is 2.43. The Balaban J connectivity index is 1.83. The van der Waals surface area contributed by atoms with Crippen LogP contribution in [0.3, 0.4) is 0 Å². The summed E-state index contributed by atoms with van der Waals surface area (Å²) in [5, 5.41) is 3.02. The standard InChI is InChI=1S/C15H22N2O/c16-9-3-4-10-17-15(18)14-8-7-12-5-1-2-6-13(12)11-14/h1-2,5-6,14H,3-4,7-11,16H2,(H,17,18). The summed E-state index contributed by atoms with van der Waals surface area (Å²) in [6, 6.07) is 8.44. The van der Waals surface area contributed by atoms with Gasteiger partial charge in [0.2, 0.25) is 5.91 Å². The molecule has 1 amide bonds.